The lowest BCUT2D eigenvalue weighted by atomic mass is 9.79. The maximum atomic E-state index is 13.6. The predicted octanol–water partition coefficient (Wildman–Crippen LogP) is 3.01. The summed E-state index contributed by atoms with van der Waals surface area (Å²) < 4.78 is 24.2. The van der Waals surface area contributed by atoms with E-state index in [1.807, 2.05) is 78.9 Å². The lowest BCUT2D eigenvalue weighted by Crippen LogP contribution is -2.45. The van der Waals surface area contributed by atoms with Crippen molar-refractivity contribution in [1.82, 2.24) is 14.5 Å². The van der Waals surface area contributed by atoms with E-state index in [1.54, 1.807) is 14.2 Å². The third kappa shape index (κ3) is 6.25. The molecular weight excluding hydrogens is 578 g/mol. The quantitative estimate of drug-likeness (QED) is 0.214. The van der Waals surface area contributed by atoms with Crippen LogP contribution >= 0.6 is 0 Å². The van der Waals surface area contributed by atoms with E-state index in [0.717, 1.165) is 21.3 Å². The van der Waals surface area contributed by atoms with Gasteiger partial charge in [-0.1, -0.05) is 54.6 Å². The van der Waals surface area contributed by atoms with Crippen molar-refractivity contribution in [2.75, 3.05) is 27.9 Å². The average Bonchev–Trinajstić information content (AvgIpc) is 3.50. The average molecular weight is 614 g/mol. The molecule has 1 fully saturated rings. The molecule has 1 aliphatic rings. The first kappa shape index (κ1) is 31.3. The number of ether oxygens (including phenoxy) is 4. The largest absolute Gasteiger partial charge is 0.497 e. The summed E-state index contributed by atoms with van der Waals surface area (Å²) >= 11 is 0. The number of hydrogen-bond donors (Lipinski definition) is 1. The van der Waals surface area contributed by atoms with Crippen LogP contribution in [0.3, 0.4) is 0 Å². The van der Waals surface area contributed by atoms with Gasteiger partial charge in [0.15, 0.2) is 0 Å². The Balaban J connectivity index is 1.58. The van der Waals surface area contributed by atoms with Gasteiger partial charge in [0.2, 0.25) is 5.91 Å². The zero-order chi connectivity index (χ0) is 32.1. The minimum atomic E-state index is -1.17. The van der Waals surface area contributed by atoms with Crippen molar-refractivity contribution in [1.29, 1.82) is 0 Å². The van der Waals surface area contributed by atoms with Gasteiger partial charge in [0, 0.05) is 24.7 Å². The van der Waals surface area contributed by atoms with E-state index in [1.165, 1.54) is 25.1 Å². The molecule has 3 aromatic carbocycles. The van der Waals surface area contributed by atoms with E-state index >= 15 is 0 Å². The molecule has 45 heavy (non-hydrogen) atoms. The van der Waals surface area contributed by atoms with Gasteiger partial charge < -0.3 is 23.8 Å². The van der Waals surface area contributed by atoms with Crippen molar-refractivity contribution in [3.05, 3.63) is 128 Å². The SMILES string of the molecule is COC(=O)[C@H]1C[C@H](OC(c2ccccc2)(c2ccc(OC)cc2)c2ccc(OC)cc2)CN1C(=O)Cn1cc(C)c(=O)[nH]c1=O. The van der Waals surface area contributed by atoms with Gasteiger partial charge in [0.25, 0.3) is 5.56 Å². The summed E-state index contributed by atoms with van der Waals surface area (Å²) in [6, 6.07) is 23.9. The highest BCUT2D eigenvalue weighted by Gasteiger charge is 2.46. The van der Waals surface area contributed by atoms with E-state index in [4.69, 9.17) is 18.9 Å². The third-order valence-electron chi connectivity index (χ3n) is 8.07. The Morgan fingerprint density at radius 1 is 0.844 bits per heavy atom. The van der Waals surface area contributed by atoms with Crippen molar-refractivity contribution in [3.63, 3.8) is 0 Å². The van der Waals surface area contributed by atoms with Gasteiger partial charge in [0.05, 0.1) is 27.4 Å². The number of amides is 1. The topological polar surface area (TPSA) is 129 Å². The summed E-state index contributed by atoms with van der Waals surface area (Å²) in [6.45, 7) is 1.21. The highest BCUT2D eigenvalue weighted by molar-refractivity contribution is 5.85. The van der Waals surface area contributed by atoms with Crippen LogP contribution in [0.1, 0.15) is 28.7 Å². The maximum Gasteiger partial charge on any atom is 0.328 e. The lowest BCUT2D eigenvalue weighted by molar-refractivity contribution is -0.151. The molecule has 2 heterocycles. The number of rotatable bonds is 10. The van der Waals surface area contributed by atoms with Crippen LogP contribution in [0.5, 0.6) is 11.5 Å². The molecule has 1 saturated heterocycles. The highest BCUT2D eigenvalue weighted by atomic mass is 16.5. The smallest absolute Gasteiger partial charge is 0.328 e. The molecule has 0 saturated carbocycles. The lowest BCUT2D eigenvalue weighted by Gasteiger charge is -2.38. The Morgan fingerprint density at radius 3 is 1.93 bits per heavy atom. The molecule has 11 heteroatoms. The fourth-order valence-electron chi connectivity index (χ4n) is 5.77. The monoisotopic (exact) mass is 613 g/mol. The number of benzene rings is 3. The minimum absolute atomic E-state index is 0.0522. The highest BCUT2D eigenvalue weighted by Crippen LogP contribution is 2.44. The molecule has 4 aromatic rings. The molecule has 0 spiro atoms. The van der Waals surface area contributed by atoms with E-state index in [-0.39, 0.29) is 25.1 Å². The van der Waals surface area contributed by atoms with Crippen LogP contribution < -0.4 is 20.7 Å². The molecule has 0 bridgehead atoms. The summed E-state index contributed by atoms with van der Waals surface area (Å²) in [5.41, 5.74) is 0.291. The molecule has 1 N–H and O–H groups in total. The van der Waals surface area contributed by atoms with Gasteiger partial charge in [-0.3, -0.25) is 19.1 Å². The Kier molecular flexibility index (Phi) is 9.19. The van der Waals surface area contributed by atoms with Crippen LogP contribution in [0.4, 0.5) is 0 Å². The number of nitrogens with zero attached hydrogens (tertiary/aromatic N) is 2. The number of nitrogens with one attached hydrogen (secondary N) is 1. The van der Waals surface area contributed by atoms with Crippen LogP contribution in [0.15, 0.2) is 94.6 Å². The van der Waals surface area contributed by atoms with Gasteiger partial charge in [0.1, 0.15) is 29.7 Å². The fraction of sp³-hybridized carbons (Fsp3) is 0.294. The number of methoxy groups -OCH3 is 3. The number of aromatic nitrogens is 2. The van der Waals surface area contributed by atoms with Crippen molar-refractivity contribution < 1.29 is 28.5 Å². The minimum Gasteiger partial charge on any atom is -0.497 e. The van der Waals surface area contributed by atoms with Gasteiger partial charge >= 0.3 is 11.7 Å². The Hall–Kier alpha value is -5.16. The summed E-state index contributed by atoms with van der Waals surface area (Å²) in [6.07, 6.45) is 0.847. The number of carbonyl (C=O) groups is 2. The second-order valence-electron chi connectivity index (χ2n) is 10.8. The van der Waals surface area contributed by atoms with E-state index in [0.29, 0.717) is 11.5 Å². The molecule has 2 atom stereocenters. The van der Waals surface area contributed by atoms with Crippen molar-refractivity contribution in [2.45, 2.75) is 37.6 Å². The normalized spacial score (nSPS) is 16.3. The third-order valence-corrected chi connectivity index (χ3v) is 8.07. The predicted molar refractivity (Wildman–Crippen MR) is 165 cm³/mol. The van der Waals surface area contributed by atoms with Crippen LogP contribution in [0.2, 0.25) is 0 Å². The number of H-pyrrole nitrogens is 1. The molecule has 234 valence electrons. The molecule has 11 nitrogen and oxygen atoms in total. The van der Waals surface area contributed by atoms with Gasteiger partial charge in [-0.2, -0.15) is 0 Å². The Morgan fingerprint density at radius 2 is 1.40 bits per heavy atom. The number of esters is 1. The zero-order valence-electron chi connectivity index (χ0n) is 25.5. The fourth-order valence-corrected chi connectivity index (χ4v) is 5.77. The second-order valence-corrected chi connectivity index (χ2v) is 10.8. The molecule has 0 aliphatic carbocycles. The van der Waals surface area contributed by atoms with Crippen LogP contribution in [-0.2, 0) is 31.2 Å². The molecule has 1 amide bonds. The molecule has 1 aliphatic heterocycles. The van der Waals surface area contributed by atoms with Gasteiger partial charge in [-0.05, 0) is 47.9 Å². The number of aromatic amines is 1. The van der Waals surface area contributed by atoms with Crippen LogP contribution in [0, 0.1) is 6.92 Å². The van der Waals surface area contributed by atoms with E-state index < -0.39 is 40.9 Å². The Bertz CT molecular complexity index is 1720. The standard InChI is InChI=1S/C34H35N3O8/c1-22-19-36(33(41)35-31(22)39)21-30(38)37-20-28(18-29(37)32(40)44-4)45-34(23-8-6-5-7-9-23,24-10-14-26(42-2)15-11-24)25-12-16-27(43-3)17-13-25/h5-17,19,28-29H,18,20-21H2,1-4H3,(H,35,39,41)/t28-,29+/m0/s1. The first-order valence-corrected chi connectivity index (χ1v) is 14.4. The summed E-state index contributed by atoms with van der Waals surface area (Å²) in [7, 11) is 4.45. The molecule has 5 rings (SSSR count). The molecule has 0 unspecified atom stereocenters. The molecular formula is C34H35N3O8. The summed E-state index contributed by atoms with van der Waals surface area (Å²) in [5, 5.41) is 0. The number of aryl methyl sites for hydroxylation is 1. The van der Waals surface area contributed by atoms with Gasteiger partial charge in [-0.25, -0.2) is 9.59 Å². The van der Waals surface area contributed by atoms with Crippen molar-refractivity contribution in [3.8, 4) is 11.5 Å². The first-order chi connectivity index (χ1) is 21.7. The summed E-state index contributed by atoms with van der Waals surface area (Å²) in [5.74, 6) is 0.251. The maximum absolute atomic E-state index is 13.6. The van der Waals surface area contributed by atoms with Crippen LogP contribution in [0.25, 0.3) is 0 Å². The molecule has 1 aromatic heterocycles. The summed E-state index contributed by atoms with van der Waals surface area (Å²) in [4.78, 5) is 54.5. The number of carbonyl (C=O) groups excluding carboxylic acids is 2. The second kappa shape index (κ2) is 13.2. The van der Waals surface area contributed by atoms with Gasteiger partial charge in [-0.15, -0.1) is 0 Å². The van der Waals surface area contributed by atoms with Crippen molar-refractivity contribution >= 4 is 11.9 Å². The van der Waals surface area contributed by atoms with E-state index in [2.05, 4.69) is 4.98 Å². The van der Waals surface area contributed by atoms with Crippen LogP contribution in [-0.4, -0.2) is 66.3 Å². The Labute approximate surface area is 259 Å². The van der Waals surface area contributed by atoms with Crippen molar-refractivity contribution in [2.24, 2.45) is 0 Å². The zero-order valence-corrected chi connectivity index (χ0v) is 25.5. The first-order valence-electron chi connectivity index (χ1n) is 14.4. The number of hydrogen-bond acceptors (Lipinski definition) is 8. The molecule has 0 radical (unpaired) electrons. The number of likely N-dealkylation sites (tertiary alicyclic amines) is 1. The van der Waals surface area contributed by atoms with E-state index in [9.17, 15) is 19.2 Å².